The fraction of sp³-hybridized carbons (Fsp3) is 0.333. The minimum Gasteiger partial charge on any atom is -0.340 e. The van der Waals surface area contributed by atoms with E-state index in [1.165, 1.54) is 12.1 Å². The molecule has 1 fully saturated rings. The molecular formula is C24H31ClFN7O2S. The van der Waals surface area contributed by atoms with E-state index in [-0.39, 0.29) is 35.7 Å². The van der Waals surface area contributed by atoms with E-state index in [9.17, 15) is 12.8 Å². The molecule has 4 N–H and O–H groups in total. The van der Waals surface area contributed by atoms with Crippen molar-refractivity contribution in [2.45, 2.75) is 23.8 Å². The average molecular weight is 536 g/mol. The van der Waals surface area contributed by atoms with Crippen LogP contribution in [-0.2, 0) is 10.0 Å². The van der Waals surface area contributed by atoms with Gasteiger partial charge >= 0.3 is 0 Å². The second-order valence-electron chi connectivity index (χ2n) is 8.49. The van der Waals surface area contributed by atoms with Crippen molar-refractivity contribution in [1.29, 1.82) is 0 Å². The highest BCUT2D eigenvalue weighted by Crippen LogP contribution is 2.25. The van der Waals surface area contributed by atoms with Crippen LogP contribution in [0, 0.1) is 5.82 Å². The molecule has 1 aliphatic rings. The molecule has 0 saturated carbocycles. The first-order chi connectivity index (χ1) is 16.8. The number of nitrogens with one attached hydrogen (secondary N) is 2. The molecular weight excluding hydrogens is 505 g/mol. The lowest BCUT2D eigenvalue weighted by molar-refractivity contribution is 0.184. The van der Waals surface area contributed by atoms with E-state index in [4.69, 9.17) is 5.73 Å². The molecule has 2 heterocycles. The number of hydrogen-bond donors (Lipinski definition) is 3. The molecule has 4 rings (SSSR count). The van der Waals surface area contributed by atoms with Crippen LogP contribution in [0.4, 0.5) is 27.5 Å². The third-order valence-corrected chi connectivity index (χ3v) is 7.90. The Morgan fingerprint density at radius 3 is 2.28 bits per heavy atom. The zero-order chi connectivity index (χ0) is 24.8. The predicted molar refractivity (Wildman–Crippen MR) is 142 cm³/mol. The van der Waals surface area contributed by atoms with Gasteiger partial charge in [-0.2, -0.15) is 9.29 Å². The summed E-state index contributed by atoms with van der Waals surface area (Å²) in [4.78, 5) is 11.1. The molecule has 194 valence electrons. The summed E-state index contributed by atoms with van der Waals surface area (Å²) >= 11 is 0. The molecule has 0 aliphatic carbocycles. The fourth-order valence-electron chi connectivity index (χ4n) is 4.05. The minimum atomic E-state index is -3.68. The monoisotopic (exact) mass is 535 g/mol. The molecule has 2 aromatic carbocycles. The van der Waals surface area contributed by atoms with E-state index in [0.717, 1.165) is 25.9 Å². The molecule has 0 unspecified atom stereocenters. The fourth-order valence-corrected chi connectivity index (χ4v) is 5.75. The Bertz CT molecular complexity index is 1220. The Hall–Kier alpha value is -2.83. The first-order valence-corrected chi connectivity index (χ1v) is 12.9. The number of rotatable bonds is 9. The van der Waals surface area contributed by atoms with Crippen LogP contribution in [0.2, 0.25) is 0 Å². The average Bonchev–Trinajstić information content (AvgIpc) is 2.85. The summed E-state index contributed by atoms with van der Waals surface area (Å²) in [5.41, 5.74) is 7.09. The first-order valence-electron chi connectivity index (χ1n) is 11.5. The molecule has 0 atom stereocenters. The summed E-state index contributed by atoms with van der Waals surface area (Å²) in [5.74, 6) is 0.552. The SMILES string of the molecule is CN1CCC(N(CCN)S(=O)(=O)c2ccc(Nc3nccc(Nc4ccc(F)cc4)n3)cc2)CC1.Cl. The van der Waals surface area contributed by atoms with Crippen LogP contribution in [0.25, 0.3) is 0 Å². The normalized spacial score (nSPS) is 14.9. The highest BCUT2D eigenvalue weighted by molar-refractivity contribution is 7.89. The lowest BCUT2D eigenvalue weighted by Crippen LogP contribution is -2.48. The molecule has 0 amide bonds. The Kier molecular flexibility index (Phi) is 9.57. The number of nitrogens with two attached hydrogens (primary N) is 1. The molecule has 3 aromatic rings. The van der Waals surface area contributed by atoms with Crippen LogP contribution in [0.15, 0.2) is 65.7 Å². The number of halogens is 2. The number of benzene rings is 2. The van der Waals surface area contributed by atoms with E-state index in [0.29, 0.717) is 29.7 Å². The second kappa shape index (κ2) is 12.4. The number of likely N-dealkylation sites (tertiary alicyclic amines) is 1. The van der Waals surface area contributed by atoms with Crippen molar-refractivity contribution in [1.82, 2.24) is 19.2 Å². The van der Waals surface area contributed by atoms with Crippen molar-refractivity contribution in [2.24, 2.45) is 5.73 Å². The summed E-state index contributed by atoms with van der Waals surface area (Å²) in [7, 11) is -1.63. The van der Waals surface area contributed by atoms with Crippen LogP contribution in [0.5, 0.6) is 0 Å². The van der Waals surface area contributed by atoms with Crippen molar-refractivity contribution in [3.8, 4) is 0 Å². The summed E-state index contributed by atoms with van der Waals surface area (Å²) < 4.78 is 41.4. The van der Waals surface area contributed by atoms with E-state index >= 15 is 0 Å². The number of aromatic nitrogens is 2. The third kappa shape index (κ3) is 6.89. The molecule has 1 aromatic heterocycles. The van der Waals surface area contributed by atoms with Gasteiger partial charge in [-0.15, -0.1) is 12.4 Å². The lowest BCUT2D eigenvalue weighted by Gasteiger charge is -2.36. The maximum absolute atomic E-state index is 13.4. The summed E-state index contributed by atoms with van der Waals surface area (Å²) in [6, 6.07) is 14.1. The zero-order valence-electron chi connectivity index (χ0n) is 20.0. The second-order valence-corrected chi connectivity index (χ2v) is 10.4. The van der Waals surface area contributed by atoms with E-state index < -0.39 is 10.0 Å². The van der Waals surface area contributed by atoms with Crippen LogP contribution < -0.4 is 16.4 Å². The van der Waals surface area contributed by atoms with Gasteiger partial charge in [0, 0.05) is 36.7 Å². The van der Waals surface area contributed by atoms with Gasteiger partial charge in [0.2, 0.25) is 16.0 Å². The highest BCUT2D eigenvalue weighted by atomic mass is 35.5. The topological polar surface area (TPSA) is 116 Å². The standard InChI is InChI=1S/C24H30FN7O2S.ClH/c1-31-15-11-21(12-16-31)32(17-13-26)35(33,34)22-8-6-20(7-9-22)29-24-27-14-10-23(30-24)28-19-4-2-18(25)3-5-19;/h2-10,14,21H,11-13,15-17,26H2,1H3,(H2,27,28,29,30);1H. The zero-order valence-corrected chi connectivity index (χ0v) is 21.6. The van der Waals surface area contributed by atoms with Gasteiger partial charge in [0.1, 0.15) is 11.6 Å². The van der Waals surface area contributed by atoms with Gasteiger partial charge in [-0.05, 0) is 87.6 Å². The van der Waals surface area contributed by atoms with E-state index in [2.05, 4.69) is 25.5 Å². The van der Waals surface area contributed by atoms with Crippen molar-refractivity contribution >= 4 is 45.6 Å². The van der Waals surface area contributed by atoms with Crippen molar-refractivity contribution < 1.29 is 12.8 Å². The molecule has 36 heavy (non-hydrogen) atoms. The number of anilines is 4. The van der Waals surface area contributed by atoms with E-state index in [1.54, 1.807) is 53.0 Å². The highest BCUT2D eigenvalue weighted by Gasteiger charge is 2.32. The molecule has 0 bridgehead atoms. The van der Waals surface area contributed by atoms with Gasteiger partial charge < -0.3 is 21.3 Å². The van der Waals surface area contributed by atoms with Crippen molar-refractivity contribution in [3.05, 3.63) is 66.6 Å². The Labute approximate surface area is 217 Å². The van der Waals surface area contributed by atoms with Crippen LogP contribution in [0.1, 0.15) is 12.8 Å². The molecule has 0 spiro atoms. The molecule has 1 aliphatic heterocycles. The number of hydrogen-bond acceptors (Lipinski definition) is 8. The smallest absolute Gasteiger partial charge is 0.243 e. The van der Waals surface area contributed by atoms with Gasteiger partial charge in [0.15, 0.2) is 0 Å². The van der Waals surface area contributed by atoms with Gasteiger partial charge in [-0.25, -0.2) is 17.8 Å². The van der Waals surface area contributed by atoms with Gasteiger partial charge in [0.25, 0.3) is 0 Å². The predicted octanol–water partition coefficient (Wildman–Crippen LogP) is 3.57. The molecule has 12 heteroatoms. The van der Waals surface area contributed by atoms with Crippen molar-refractivity contribution in [2.75, 3.05) is 43.9 Å². The first kappa shape index (κ1) is 27.8. The summed E-state index contributed by atoms with van der Waals surface area (Å²) in [6.45, 7) is 2.28. The lowest BCUT2D eigenvalue weighted by atomic mass is 10.1. The van der Waals surface area contributed by atoms with Crippen LogP contribution in [-0.4, -0.2) is 66.9 Å². The summed E-state index contributed by atoms with van der Waals surface area (Å²) in [6.07, 6.45) is 3.16. The quantitative estimate of drug-likeness (QED) is 0.381. The Balaban J connectivity index is 0.00000361. The van der Waals surface area contributed by atoms with Gasteiger partial charge in [-0.1, -0.05) is 0 Å². The van der Waals surface area contributed by atoms with Crippen LogP contribution in [0.3, 0.4) is 0 Å². The number of nitrogens with zero attached hydrogens (tertiary/aromatic N) is 4. The Morgan fingerprint density at radius 1 is 1.03 bits per heavy atom. The molecule has 0 radical (unpaired) electrons. The third-order valence-electron chi connectivity index (χ3n) is 5.93. The maximum atomic E-state index is 13.4. The number of piperidine rings is 1. The largest absolute Gasteiger partial charge is 0.340 e. The maximum Gasteiger partial charge on any atom is 0.243 e. The van der Waals surface area contributed by atoms with Crippen LogP contribution >= 0.6 is 12.4 Å². The molecule has 9 nitrogen and oxygen atoms in total. The number of sulfonamides is 1. The summed E-state index contributed by atoms with van der Waals surface area (Å²) in [5, 5.41) is 6.17. The molecule has 1 saturated heterocycles. The van der Waals surface area contributed by atoms with Gasteiger partial charge in [-0.3, -0.25) is 0 Å². The minimum absolute atomic E-state index is 0. The van der Waals surface area contributed by atoms with E-state index in [1.807, 2.05) is 7.05 Å². The van der Waals surface area contributed by atoms with Gasteiger partial charge in [0.05, 0.1) is 4.90 Å². The Morgan fingerprint density at radius 2 is 1.64 bits per heavy atom. The van der Waals surface area contributed by atoms with Crippen molar-refractivity contribution in [3.63, 3.8) is 0 Å².